The minimum atomic E-state index is -0.767. The number of imide groups is 1. The Morgan fingerprint density at radius 3 is 2.63 bits per heavy atom. The van der Waals surface area contributed by atoms with Crippen molar-refractivity contribution in [1.82, 2.24) is 20.6 Å². The molecule has 2 N–H and O–H groups in total. The fourth-order valence-corrected chi connectivity index (χ4v) is 5.41. The summed E-state index contributed by atoms with van der Waals surface area (Å²) >= 11 is 1.70. The predicted octanol–water partition coefficient (Wildman–Crippen LogP) is 2.45. The van der Waals surface area contributed by atoms with Gasteiger partial charge in [-0.05, 0) is 43.7 Å². The summed E-state index contributed by atoms with van der Waals surface area (Å²) < 4.78 is 0. The van der Waals surface area contributed by atoms with Gasteiger partial charge in [-0.1, -0.05) is 0 Å². The van der Waals surface area contributed by atoms with Gasteiger partial charge in [-0.2, -0.15) is 0 Å². The molecule has 27 heavy (non-hydrogen) atoms. The summed E-state index contributed by atoms with van der Waals surface area (Å²) in [4.78, 5) is 36.9. The number of amides is 3. The van der Waals surface area contributed by atoms with E-state index < -0.39 is 5.54 Å². The van der Waals surface area contributed by atoms with Gasteiger partial charge in [0.1, 0.15) is 17.7 Å². The number of carbonyl (C=O) groups is 2. The maximum absolute atomic E-state index is 12.5. The Morgan fingerprint density at radius 1 is 1.19 bits per heavy atom. The quantitative estimate of drug-likeness (QED) is 0.612. The first-order valence-corrected chi connectivity index (χ1v) is 10.5. The van der Waals surface area contributed by atoms with Crippen LogP contribution in [0.15, 0.2) is 29.4 Å². The van der Waals surface area contributed by atoms with E-state index in [1.807, 2.05) is 6.07 Å². The number of piperidine rings is 2. The smallest absolute Gasteiger partial charge is 0.322 e. The van der Waals surface area contributed by atoms with Crippen molar-refractivity contribution in [2.45, 2.75) is 54.6 Å². The highest BCUT2D eigenvalue weighted by atomic mass is 32.2. The van der Waals surface area contributed by atoms with E-state index in [1.54, 1.807) is 18.1 Å². The number of hydrogen-bond acceptors (Lipinski definition) is 6. The Hall–Kier alpha value is -2.35. The highest BCUT2D eigenvalue weighted by Crippen LogP contribution is 2.44. The van der Waals surface area contributed by atoms with Crippen LogP contribution in [0, 0.1) is 0 Å². The van der Waals surface area contributed by atoms with Gasteiger partial charge in [0, 0.05) is 35.2 Å². The average Bonchev–Trinajstić information content (AvgIpc) is 2.93. The second-order valence-electron chi connectivity index (χ2n) is 7.62. The third-order valence-electron chi connectivity index (χ3n) is 6.11. The number of nitrogens with one attached hydrogen (secondary N) is 2. The summed E-state index contributed by atoms with van der Waals surface area (Å²) in [5.41, 5.74) is 0.166. The number of fused-ring (bicyclic) bond motifs is 3. The van der Waals surface area contributed by atoms with Crippen molar-refractivity contribution in [3.63, 3.8) is 0 Å². The Labute approximate surface area is 161 Å². The van der Waals surface area contributed by atoms with Crippen LogP contribution in [0.1, 0.15) is 32.1 Å². The minimum absolute atomic E-state index is 0.178. The molecule has 1 aromatic carbocycles. The molecule has 3 aliphatic heterocycles. The first-order chi connectivity index (χ1) is 13.1. The van der Waals surface area contributed by atoms with E-state index in [-0.39, 0.29) is 24.0 Å². The lowest BCUT2D eigenvalue weighted by Crippen LogP contribution is -2.64. The standard InChI is InChI=1S/C19H21N5O2S/c1-27-13-5-6-15-14(7-13)16(21-10-20-15)24-11-3-2-4-12(24)9-19(8-11)17(25)22-18(26)23-19/h5-7,10-12H,2-4,8-9H2,1H3,(H2,22,23,25,26). The third kappa shape index (κ3) is 2.57. The van der Waals surface area contributed by atoms with E-state index in [1.165, 1.54) is 4.90 Å². The first-order valence-electron chi connectivity index (χ1n) is 9.30. The zero-order valence-electron chi connectivity index (χ0n) is 15.1. The Kier molecular flexibility index (Phi) is 3.79. The summed E-state index contributed by atoms with van der Waals surface area (Å²) in [5.74, 6) is 0.770. The fraction of sp³-hybridized carbons (Fsp3) is 0.474. The van der Waals surface area contributed by atoms with Crippen LogP contribution in [0.25, 0.3) is 10.9 Å². The van der Waals surface area contributed by atoms with Gasteiger partial charge in [-0.15, -0.1) is 11.8 Å². The lowest BCUT2D eigenvalue weighted by molar-refractivity contribution is -0.125. The number of hydrogen-bond donors (Lipinski definition) is 2. The van der Waals surface area contributed by atoms with E-state index in [9.17, 15) is 9.59 Å². The van der Waals surface area contributed by atoms with E-state index in [0.717, 1.165) is 36.0 Å². The van der Waals surface area contributed by atoms with E-state index in [4.69, 9.17) is 0 Å². The molecule has 3 amide bonds. The Balaban J connectivity index is 1.58. The van der Waals surface area contributed by atoms with Gasteiger partial charge in [0.05, 0.1) is 5.52 Å². The van der Waals surface area contributed by atoms with Gasteiger partial charge in [-0.3, -0.25) is 10.1 Å². The fourth-order valence-electron chi connectivity index (χ4n) is 4.97. The zero-order chi connectivity index (χ0) is 18.6. The van der Waals surface area contributed by atoms with Crippen LogP contribution >= 0.6 is 11.8 Å². The van der Waals surface area contributed by atoms with Crippen molar-refractivity contribution in [3.05, 3.63) is 24.5 Å². The summed E-state index contributed by atoms with van der Waals surface area (Å²) in [6.45, 7) is 0. The van der Waals surface area contributed by atoms with Crippen LogP contribution in [0.2, 0.25) is 0 Å². The molecule has 1 spiro atoms. The molecule has 2 atom stereocenters. The highest BCUT2D eigenvalue weighted by Gasteiger charge is 2.55. The van der Waals surface area contributed by atoms with Crippen molar-refractivity contribution in [3.8, 4) is 0 Å². The molecule has 0 saturated carbocycles. The highest BCUT2D eigenvalue weighted by molar-refractivity contribution is 7.98. The summed E-state index contributed by atoms with van der Waals surface area (Å²) in [5, 5.41) is 6.40. The van der Waals surface area contributed by atoms with Crippen molar-refractivity contribution >= 4 is 40.4 Å². The van der Waals surface area contributed by atoms with Crippen LogP contribution in [0.5, 0.6) is 0 Å². The van der Waals surface area contributed by atoms with Gasteiger partial charge in [0.15, 0.2) is 0 Å². The molecule has 3 fully saturated rings. The van der Waals surface area contributed by atoms with Crippen LogP contribution in [0.3, 0.4) is 0 Å². The normalized spacial score (nSPS) is 29.9. The third-order valence-corrected chi connectivity index (χ3v) is 6.84. The molecule has 0 aliphatic carbocycles. The largest absolute Gasteiger partial charge is 0.350 e. The number of rotatable bonds is 2. The van der Waals surface area contributed by atoms with E-state index in [2.05, 4.69) is 43.9 Å². The summed E-state index contributed by atoms with van der Waals surface area (Å²) in [7, 11) is 0. The zero-order valence-corrected chi connectivity index (χ0v) is 15.9. The molecular weight excluding hydrogens is 362 g/mol. The summed E-state index contributed by atoms with van der Waals surface area (Å²) in [6, 6.07) is 6.25. The number of urea groups is 1. The van der Waals surface area contributed by atoms with Crippen molar-refractivity contribution in [2.75, 3.05) is 11.2 Å². The molecule has 8 heteroatoms. The van der Waals surface area contributed by atoms with Crippen LogP contribution < -0.4 is 15.5 Å². The van der Waals surface area contributed by atoms with E-state index >= 15 is 0 Å². The van der Waals surface area contributed by atoms with Crippen LogP contribution in [0.4, 0.5) is 10.6 Å². The molecule has 2 unspecified atom stereocenters. The second-order valence-corrected chi connectivity index (χ2v) is 8.50. The number of aromatic nitrogens is 2. The SMILES string of the molecule is CSc1ccc2ncnc(N3C4CCCC3CC3(C4)NC(=O)NC3=O)c2c1. The van der Waals surface area contributed by atoms with Crippen molar-refractivity contribution < 1.29 is 9.59 Å². The number of anilines is 1. The molecule has 1 aromatic heterocycles. The topological polar surface area (TPSA) is 87.2 Å². The molecule has 140 valence electrons. The molecule has 2 aromatic rings. The Morgan fingerprint density at radius 2 is 1.96 bits per heavy atom. The van der Waals surface area contributed by atoms with Crippen LogP contribution in [-0.2, 0) is 4.79 Å². The molecule has 3 aliphatic rings. The second kappa shape index (κ2) is 6.09. The molecular formula is C19H21N5O2S. The van der Waals surface area contributed by atoms with Gasteiger partial charge < -0.3 is 10.2 Å². The van der Waals surface area contributed by atoms with Crippen molar-refractivity contribution in [1.29, 1.82) is 0 Å². The number of nitrogens with zero attached hydrogens (tertiary/aromatic N) is 3. The number of benzene rings is 1. The monoisotopic (exact) mass is 383 g/mol. The predicted molar refractivity (Wildman–Crippen MR) is 104 cm³/mol. The molecule has 3 saturated heterocycles. The lowest BCUT2D eigenvalue weighted by Gasteiger charge is -2.52. The maximum atomic E-state index is 12.5. The van der Waals surface area contributed by atoms with Gasteiger partial charge in [0.2, 0.25) is 0 Å². The molecule has 4 heterocycles. The average molecular weight is 383 g/mol. The molecule has 0 radical (unpaired) electrons. The number of thioether (sulfide) groups is 1. The van der Waals surface area contributed by atoms with Gasteiger partial charge in [0.25, 0.3) is 5.91 Å². The first kappa shape index (κ1) is 16.8. The molecule has 5 rings (SSSR count). The lowest BCUT2D eigenvalue weighted by atomic mass is 9.73. The van der Waals surface area contributed by atoms with E-state index in [0.29, 0.717) is 12.8 Å². The molecule has 2 bridgehead atoms. The minimum Gasteiger partial charge on any atom is -0.350 e. The summed E-state index contributed by atoms with van der Waals surface area (Å²) in [6.07, 6.45) is 8.05. The number of carbonyl (C=O) groups excluding carboxylic acids is 2. The van der Waals surface area contributed by atoms with Gasteiger partial charge >= 0.3 is 6.03 Å². The van der Waals surface area contributed by atoms with Gasteiger partial charge in [-0.25, -0.2) is 14.8 Å². The Bertz CT molecular complexity index is 935. The van der Waals surface area contributed by atoms with Crippen LogP contribution in [-0.4, -0.2) is 45.8 Å². The maximum Gasteiger partial charge on any atom is 0.322 e. The molecule has 7 nitrogen and oxygen atoms in total. The van der Waals surface area contributed by atoms with Crippen molar-refractivity contribution in [2.24, 2.45) is 0 Å².